The van der Waals surface area contributed by atoms with E-state index in [0.717, 1.165) is 0 Å². The van der Waals surface area contributed by atoms with Crippen LogP contribution in [0.2, 0.25) is 10.0 Å². The Morgan fingerprint density at radius 2 is 1.58 bits per heavy atom. The number of benzene rings is 1. The van der Waals surface area contributed by atoms with Crippen molar-refractivity contribution in [1.29, 1.82) is 0 Å². The van der Waals surface area contributed by atoms with Crippen LogP contribution in [0, 0.1) is 0 Å². The minimum Gasteiger partial charge on any atom is -0.495 e. The molecule has 0 amide bonds. The van der Waals surface area contributed by atoms with Gasteiger partial charge in [-0.1, -0.05) is 23.2 Å². The second-order valence-electron chi connectivity index (χ2n) is 4.84. The van der Waals surface area contributed by atoms with Crippen molar-refractivity contribution < 1.29 is 9.47 Å². The lowest BCUT2D eigenvalue weighted by Crippen LogP contribution is -2.01. The van der Waals surface area contributed by atoms with E-state index < -0.39 is 0 Å². The molecule has 9 heteroatoms. The van der Waals surface area contributed by atoms with Crippen molar-refractivity contribution in [1.82, 2.24) is 15.0 Å². The van der Waals surface area contributed by atoms with E-state index in [9.17, 15) is 0 Å². The topological polar surface area (TPSA) is 109 Å². The maximum absolute atomic E-state index is 6.38. The summed E-state index contributed by atoms with van der Waals surface area (Å²) in [4.78, 5) is 12.7. The van der Waals surface area contributed by atoms with E-state index in [-0.39, 0.29) is 21.7 Å². The van der Waals surface area contributed by atoms with Crippen LogP contribution in [0.5, 0.6) is 11.5 Å². The number of nitrogens with zero attached hydrogens (tertiary/aromatic N) is 3. The summed E-state index contributed by atoms with van der Waals surface area (Å²) in [6, 6.07) is 3.19. The highest BCUT2D eigenvalue weighted by molar-refractivity contribution is 6.41. The van der Waals surface area contributed by atoms with Gasteiger partial charge < -0.3 is 20.9 Å². The van der Waals surface area contributed by atoms with Crippen LogP contribution in [0.3, 0.4) is 0 Å². The van der Waals surface area contributed by atoms with Gasteiger partial charge in [-0.2, -0.15) is 0 Å². The Morgan fingerprint density at radius 1 is 0.958 bits per heavy atom. The van der Waals surface area contributed by atoms with Gasteiger partial charge in [-0.05, 0) is 6.07 Å². The Morgan fingerprint density at radius 3 is 2.17 bits per heavy atom. The number of aromatic nitrogens is 3. The van der Waals surface area contributed by atoms with Gasteiger partial charge in [-0.25, -0.2) is 15.0 Å². The largest absolute Gasteiger partial charge is 0.495 e. The Bertz CT molecular complexity index is 921. The molecule has 124 valence electrons. The van der Waals surface area contributed by atoms with E-state index in [1.807, 2.05) is 0 Å². The molecule has 0 radical (unpaired) electrons. The van der Waals surface area contributed by atoms with Crippen LogP contribution in [-0.4, -0.2) is 29.2 Å². The summed E-state index contributed by atoms with van der Waals surface area (Å²) in [5.74, 6) is 1.55. The van der Waals surface area contributed by atoms with E-state index in [1.54, 1.807) is 12.1 Å². The van der Waals surface area contributed by atoms with Crippen molar-refractivity contribution in [2.75, 3.05) is 25.7 Å². The minimum atomic E-state index is 0.234. The monoisotopic (exact) mass is 365 g/mol. The molecule has 0 aliphatic carbocycles. The van der Waals surface area contributed by atoms with Gasteiger partial charge in [0.1, 0.15) is 23.1 Å². The van der Waals surface area contributed by atoms with Gasteiger partial charge >= 0.3 is 0 Å². The first-order valence-corrected chi connectivity index (χ1v) is 7.51. The molecule has 3 rings (SSSR count). The van der Waals surface area contributed by atoms with Gasteiger partial charge in [0, 0.05) is 11.5 Å². The van der Waals surface area contributed by atoms with Crippen LogP contribution in [0.4, 0.5) is 11.6 Å². The molecule has 2 heterocycles. The van der Waals surface area contributed by atoms with Gasteiger partial charge in [0.25, 0.3) is 0 Å². The molecule has 0 saturated heterocycles. The molecule has 3 aromatic rings. The molecular formula is C15H13Cl2N5O2. The van der Waals surface area contributed by atoms with E-state index >= 15 is 0 Å². The molecular weight excluding hydrogens is 353 g/mol. The number of rotatable bonds is 3. The van der Waals surface area contributed by atoms with Gasteiger partial charge in [-0.3, -0.25) is 0 Å². The first-order chi connectivity index (χ1) is 11.5. The van der Waals surface area contributed by atoms with Crippen LogP contribution in [0.1, 0.15) is 0 Å². The molecule has 0 unspecified atom stereocenters. The van der Waals surface area contributed by atoms with E-state index in [1.165, 1.54) is 20.4 Å². The zero-order valence-corrected chi connectivity index (χ0v) is 14.3. The van der Waals surface area contributed by atoms with Crippen LogP contribution in [-0.2, 0) is 0 Å². The maximum Gasteiger partial charge on any atom is 0.165 e. The third-order valence-corrected chi connectivity index (χ3v) is 4.18. The third-order valence-electron chi connectivity index (χ3n) is 3.43. The van der Waals surface area contributed by atoms with Gasteiger partial charge in [0.2, 0.25) is 0 Å². The Kier molecular flexibility index (Phi) is 4.21. The number of nitrogen functional groups attached to an aromatic ring is 2. The number of pyridine rings is 1. The second kappa shape index (κ2) is 6.18. The predicted octanol–water partition coefficient (Wildman–Crippen LogP) is 3.18. The quantitative estimate of drug-likeness (QED) is 0.733. The predicted molar refractivity (Wildman–Crippen MR) is 94.7 cm³/mol. The molecule has 0 bridgehead atoms. The molecule has 2 aromatic heterocycles. The second-order valence-corrected chi connectivity index (χ2v) is 5.60. The van der Waals surface area contributed by atoms with Crippen LogP contribution in [0.25, 0.3) is 22.3 Å². The summed E-state index contributed by atoms with van der Waals surface area (Å²) in [6.07, 6.45) is 1.51. The van der Waals surface area contributed by atoms with Crippen molar-refractivity contribution >= 4 is 45.7 Å². The highest BCUT2D eigenvalue weighted by Crippen LogP contribution is 2.45. The van der Waals surface area contributed by atoms with E-state index in [0.29, 0.717) is 33.8 Å². The summed E-state index contributed by atoms with van der Waals surface area (Å²) < 4.78 is 10.5. The van der Waals surface area contributed by atoms with Gasteiger partial charge in [0.15, 0.2) is 5.82 Å². The molecule has 7 nitrogen and oxygen atoms in total. The SMILES string of the molecule is COc1cc(OC)c(Cl)c(-c2nc(N)c3cc(N)ncc3n2)c1Cl. The minimum absolute atomic E-state index is 0.234. The Labute approximate surface area is 147 Å². The maximum atomic E-state index is 6.38. The standard InChI is InChI=1S/C15H13Cl2N5O2/c1-23-8-4-9(24-2)13(17)11(12(8)16)15-21-7-5-20-10(18)3-6(7)14(19)22-15/h3-5H,1-2H3,(H2,18,20)(H2,19,21,22). The molecule has 0 atom stereocenters. The molecule has 0 aliphatic heterocycles. The van der Waals surface area contributed by atoms with Crippen molar-refractivity contribution in [2.45, 2.75) is 0 Å². The first kappa shape index (κ1) is 16.4. The third kappa shape index (κ3) is 2.61. The number of hydrogen-bond donors (Lipinski definition) is 2. The van der Waals surface area contributed by atoms with Crippen molar-refractivity contribution in [3.05, 3.63) is 28.4 Å². The number of hydrogen-bond acceptors (Lipinski definition) is 7. The average molecular weight is 366 g/mol. The van der Waals surface area contributed by atoms with Gasteiger partial charge in [0.05, 0.1) is 41.5 Å². The number of halogens is 2. The summed E-state index contributed by atoms with van der Waals surface area (Å²) >= 11 is 12.8. The van der Waals surface area contributed by atoms with E-state index in [4.69, 9.17) is 44.1 Å². The van der Waals surface area contributed by atoms with Gasteiger partial charge in [-0.15, -0.1) is 0 Å². The molecule has 0 saturated carbocycles. The molecule has 1 aromatic carbocycles. The number of fused-ring (bicyclic) bond motifs is 1. The fourth-order valence-corrected chi connectivity index (χ4v) is 2.94. The summed E-state index contributed by atoms with van der Waals surface area (Å²) in [5.41, 5.74) is 12.6. The molecule has 0 spiro atoms. The van der Waals surface area contributed by atoms with E-state index in [2.05, 4.69) is 15.0 Å². The summed E-state index contributed by atoms with van der Waals surface area (Å²) in [5, 5.41) is 1.10. The lowest BCUT2D eigenvalue weighted by molar-refractivity contribution is 0.395. The van der Waals surface area contributed by atoms with Crippen molar-refractivity contribution in [3.63, 3.8) is 0 Å². The average Bonchev–Trinajstić information content (AvgIpc) is 2.56. The molecule has 4 N–H and O–H groups in total. The Balaban J connectivity index is 2.33. The summed E-state index contributed by atoms with van der Waals surface area (Å²) in [6.45, 7) is 0. The summed E-state index contributed by atoms with van der Waals surface area (Å²) in [7, 11) is 2.97. The lowest BCUT2D eigenvalue weighted by Gasteiger charge is -2.14. The zero-order chi connectivity index (χ0) is 17.4. The zero-order valence-electron chi connectivity index (χ0n) is 12.8. The van der Waals surface area contributed by atoms with Crippen LogP contribution in [0.15, 0.2) is 18.3 Å². The molecule has 24 heavy (non-hydrogen) atoms. The number of ether oxygens (including phenoxy) is 2. The smallest absolute Gasteiger partial charge is 0.165 e. The normalized spacial score (nSPS) is 10.8. The number of nitrogens with two attached hydrogens (primary N) is 2. The van der Waals surface area contributed by atoms with Crippen LogP contribution >= 0.6 is 23.2 Å². The molecule has 0 fully saturated rings. The number of methoxy groups -OCH3 is 2. The first-order valence-electron chi connectivity index (χ1n) is 6.75. The lowest BCUT2D eigenvalue weighted by atomic mass is 10.1. The highest BCUT2D eigenvalue weighted by atomic mass is 35.5. The van der Waals surface area contributed by atoms with Crippen molar-refractivity contribution in [2.24, 2.45) is 0 Å². The Hall–Kier alpha value is -2.51. The fourth-order valence-electron chi connectivity index (χ4n) is 2.27. The molecule has 0 aliphatic rings. The van der Waals surface area contributed by atoms with Crippen LogP contribution < -0.4 is 20.9 Å². The fraction of sp³-hybridized carbons (Fsp3) is 0.133. The number of anilines is 2. The highest BCUT2D eigenvalue weighted by Gasteiger charge is 2.21. The van der Waals surface area contributed by atoms with Crippen molar-refractivity contribution in [3.8, 4) is 22.9 Å².